The number of anilines is 2. The summed E-state index contributed by atoms with van der Waals surface area (Å²) in [6, 6.07) is 14.5. The lowest BCUT2D eigenvalue weighted by Crippen LogP contribution is -2.50. The minimum Gasteiger partial charge on any atom is -0.370 e. The van der Waals surface area contributed by atoms with Gasteiger partial charge in [-0.25, -0.2) is 4.39 Å². The van der Waals surface area contributed by atoms with Crippen LogP contribution in [0.3, 0.4) is 0 Å². The number of amides is 3. The first kappa shape index (κ1) is 31.1. The number of rotatable bonds is 8. The molecule has 6 nitrogen and oxygen atoms in total. The molecule has 0 aliphatic heterocycles. The molecule has 0 aliphatic rings. The standard InChI is InChI=1S/C28H24F7N3O3/c1-16-13-20(26(29,27(30,31)32)28(33,34)35)14-17(2)23(16)38(12-11-22(36)39)25(41)19-9-6-10-21(15-19)37-24(40)18-7-4-3-5-8-18/h3-10,13-15H,11-12H2,1-2H3,(H2,36,39)(H,37,40). The number of hydrogen-bond donors (Lipinski definition) is 2. The van der Waals surface area contributed by atoms with Gasteiger partial charge in [-0.05, 0) is 55.3 Å². The number of carbonyl (C=O) groups is 3. The number of nitrogens with two attached hydrogens (primary N) is 1. The van der Waals surface area contributed by atoms with Crippen LogP contribution >= 0.6 is 0 Å². The first-order valence-electron chi connectivity index (χ1n) is 12.0. The Labute approximate surface area is 229 Å². The van der Waals surface area contributed by atoms with E-state index in [1.165, 1.54) is 24.3 Å². The number of aryl methyl sites for hydroxylation is 2. The third-order valence-corrected chi connectivity index (χ3v) is 6.17. The molecule has 13 heteroatoms. The number of nitrogens with one attached hydrogen (secondary N) is 1. The Kier molecular flexibility index (Phi) is 8.80. The number of halogens is 7. The van der Waals surface area contributed by atoms with Crippen LogP contribution in [0, 0.1) is 13.8 Å². The lowest BCUT2D eigenvalue weighted by Gasteiger charge is -2.32. The summed E-state index contributed by atoms with van der Waals surface area (Å²) in [5.41, 5.74) is -2.35. The minimum absolute atomic E-state index is 0.0337. The van der Waals surface area contributed by atoms with Crippen molar-refractivity contribution in [3.63, 3.8) is 0 Å². The molecular weight excluding hydrogens is 559 g/mol. The summed E-state index contributed by atoms with van der Waals surface area (Å²) in [4.78, 5) is 38.6. The lowest BCUT2D eigenvalue weighted by molar-refractivity contribution is -0.348. The fourth-order valence-corrected chi connectivity index (χ4v) is 4.28. The Morgan fingerprint density at radius 2 is 1.32 bits per heavy atom. The largest absolute Gasteiger partial charge is 0.435 e. The van der Waals surface area contributed by atoms with E-state index in [0.717, 1.165) is 18.7 Å². The Morgan fingerprint density at radius 3 is 1.83 bits per heavy atom. The summed E-state index contributed by atoms with van der Waals surface area (Å²) < 4.78 is 94.9. The van der Waals surface area contributed by atoms with E-state index in [4.69, 9.17) is 5.73 Å². The SMILES string of the molecule is Cc1cc(C(F)(C(F)(F)F)C(F)(F)F)cc(C)c1N(CCC(N)=O)C(=O)c1cccc(NC(=O)c2ccccc2)c1. The molecule has 0 saturated carbocycles. The molecule has 0 fully saturated rings. The van der Waals surface area contributed by atoms with Gasteiger partial charge in [0.05, 0.1) is 0 Å². The topological polar surface area (TPSA) is 92.5 Å². The summed E-state index contributed by atoms with van der Waals surface area (Å²) in [7, 11) is 0. The second-order valence-corrected chi connectivity index (χ2v) is 9.19. The van der Waals surface area contributed by atoms with E-state index < -0.39 is 54.3 Å². The maximum atomic E-state index is 14.8. The van der Waals surface area contributed by atoms with Crippen molar-refractivity contribution in [3.05, 3.63) is 94.5 Å². The molecule has 0 radical (unpaired) electrons. The van der Waals surface area contributed by atoms with Gasteiger partial charge in [0, 0.05) is 41.0 Å². The van der Waals surface area contributed by atoms with Crippen LogP contribution in [0.1, 0.15) is 43.8 Å². The molecule has 0 aromatic heterocycles. The van der Waals surface area contributed by atoms with Crippen molar-refractivity contribution < 1.29 is 45.1 Å². The van der Waals surface area contributed by atoms with Crippen molar-refractivity contribution in [1.29, 1.82) is 0 Å². The average molecular weight is 584 g/mol. The molecular formula is C28H24F7N3O3. The van der Waals surface area contributed by atoms with E-state index in [1.54, 1.807) is 30.3 Å². The summed E-state index contributed by atoms with van der Waals surface area (Å²) in [5.74, 6) is -2.12. The van der Waals surface area contributed by atoms with Gasteiger partial charge in [0.25, 0.3) is 11.8 Å². The molecule has 3 rings (SSSR count). The van der Waals surface area contributed by atoms with E-state index in [9.17, 15) is 45.1 Å². The van der Waals surface area contributed by atoms with Gasteiger partial charge in [-0.2, -0.15) is 26.3 Å². The van der Waals surface area contributed by atoms with E-state index in [2.05, 4.69) is 5.32 Å². The van der Waals surface area contributed by atoms with Gasteiger partial charge >= 0.3 is 18.0 Å². The van der Waals surface area contributed by atoms with Crippen LogP contribution in [-0.4, -0.2) is 36.6 Å². The zero-order chi connectivity index (χ0) is 30.8. The fraction of sp³-hybridized carbons (Fsp3) is 0.250. The molecule has 3 N–H and O–H groups in total. The molecule has 218 valence electrons. The maximum Gasteiger partial charge on any atom is 0.435 e. The van der Waals surface area contributed by atoms with E-state index in [0.29, 0.717) is 17.7 Å². The van der Waals surface area contributed by atoms with Crippen molar-refractivity contribution in [2.24, 2.45) is 5.73 Å². The van der Waals surface area contributed by atoms with E-state index >= 15 is 0 Å². The van der Waals surface area contributed by atoms with Crippen LogP contribution in [-0.2, 0) is 10.5 Å². The Hall–Kier alpha value is -4.42. The summed E-state index contributed by atoms with van der Waals surface area (Å²) in [6.07, 6.45) is -13.1. The van der Waals surface area contributed by atoms with Crippen LogP contribution < -0.4 is 16.0 Å². The number of nitrogens with zero attached hydrogens (tertiary/aromatic N) is 1. The van der Waals surface area contributed by atoms with Crippen molar-refractivity contribution in [3.8, 4) is 0 Å². The molecule has 0 atom stereocenters. The van der Waals surface area contributed by atoms with Gasteiger partial charge in [-0.3, -0.25) is 14.4 Å². The number of alkyl halides is 7. The smallest absolute Gasteiger partial charge is 0.370 e. The maximum absolute atomic E-state index is 14.8. The molecule has 41 heavy (non-hydrogen) atoms. The summed E-state index contributed by atoms with van der Waals surface area (Å²) in [5, 5.41) is 2.62. The average Bonchev–Trinajstić information content (AvgIpc) is 2.88. The molecule has 0 aliphatic carbocycles. The zero-order valence-corrected chi connectivity index (χ0v) is 21.7. The van der Waals surface area contributed by atoms with Crippen molar-refractivity contribution >= 4 is 29.1 Å². The second kappa shape index (κ2) is 11.6. The van der Waals surface area contributed by atoms with Gasteiger partial charge in [0.15, 0.2) is 0 Å². The van der Waals surface area contributed by atoms with Gasteiger partial charge in [0.2, 0.25) is 5.91 Å². The monoisotopic (exact) mass is 583 g/mol. The molecule has 3 amide bonds. The highest BCUT2D eigenvalue weighted by Crippen LogP contribution is 2.54. The highest BCUT2D eigenvalue weighted by molar-refractivity contribution is 6.09. The first-order valence-corrected chi connectivity index (χ1v) is 12.0. The molecule has 0 unspecified atom stereocenters. The number of primary amides is 1. The molecule has 0 spiro atoms. The summed E-state index contributed by atoms with van der Waals surface area (Å²) in [6.45, 7) is 1.83. The predicted octanol–water partition coefficient (Wildman–Crippen LogP) is 6.37. The molecule has 3 aromatic carbocycles. The van der Waals surface area contributed by atoms with Crippen LogP contribution in [0.2, 0.25) is 0 Å². The van der Waals surface area contributed by atoms with Gasteiger partial charge < -0.3 is 16.0 Å². The molecule has 0 bridgehead atoms. The number of carbonyl (C=O) groups excluding carboxylic acids is 3. The predicted molar refractivity (Wildman–Crippen MR) is 137 cm³/mol. The Morgan fingerprint density at radius 1 is 0.780 bits per heavy atom. The van der Waals surface area contributed by atoms with Gasteiger partial charge in [-0.15, -0.1) is 0 Å². The van der Waals surface area contributed by atoms with Gasteiger partial charge in [0.1, 0.15) is 0 Å². The molecule has 0 saturated heterocycles. The van der Waals surface area contributed by atoms with E-state index in [-0.39, 0.29) is 28.1 Å². The third kappa shape index (κ3) is 6.50. The second-order valence-electron chi connectivity index (χ2n) is 9.19. The quantitative estimate of drug-likeness (QED) is 0.302. The van der Waals surface area contributed by atoms with Crippen molar-refractivity contribution in [2.75, 3.05) is 16.8 Å². The number of hydrogen-bond acceptors (Lipinski definition) is 3. The zero-order valence-electron chi connectivity index (χ0n) is 21.7. The first-order chi connectivity index (χ1) is 19.0. The third-order valence-electron chi connectivity index (χ3n) is 6.17. The Bertz CT molecular complexity index is 1420. The van der Waals surface area contributed by atoms with Crippen LogP contribution in [0.25, 0.3) is 0 Å². The highest BCUT2D eigenvalue weighted by atomic mass is 19.4. The minimum atomic E-state index is -6.32. The highest BCUT2D eigenvalue weighted by Gasteiger charge is 2.73. The van der Waals surface area contributed by atoms with Crippen molar-refractivity contribution in [1.82, 2.24) is 0 Å². The van der Waals surface area contributed by atoms with Crippen LogP contribution in [0.5, 0.6) is 0 Å². The fourth-order valence-electron chi connectivity index (χ4n) is 4.28. The van der Waals surface area contributed by atoms with Crippen LogP contribution in [0.15, 0.2) is 66.7 Å². The van der Waals surface area contributed by atoms with E-state index in [1.807, 2.05) is 0 Å². The number of benzene rings is 3. The molecule has 3 aromatic rings. The summed E-state index contributed by atoms with van der Waals surface area (Å²) >= 11 is 0. The lowest BCUT2D eigenvalue weighted by atomic mass is 9.90. The Balaban J connectivity index is 2.05. The van der Waals surface area contributed by atoms with Crippen LogP contribution in [0.4, 0.5) is 42.1 Å². The molecule has 0 heterocycles. The van der Waals surface area contributed by atoms with Gasteiger partial charge in [-0.1, -0.05) is 36.4 Å². The van der Waals surface area contributed by atoms with Crippen molar-refractivity contribution in [2.45, 2.75) is 38.3 Å². The normalized spacial score (nSPS) is 12.1.